The number of benzene rings is 1. The number of hydrogen-bond acceptors (Lipinski definition) is 8. The number of ether oxygens (including phenoxy) is 4. The van der Waals surface area contributed by atoms with Crippen LogP contribution in [-0.4, -0.2) is 51.1 Å². The molecule has 8 nitrogen and oxygen atoms in total. The maximum atomic E-state index is 12.6. The van der Waals surface area contributed by atoms with Crippen LogP contribution in [0.2, 0.25) is 0 Å². The van der Waals surface area contributed by atoms with Crippen LogP contribution in [0.4, 0.5) is 13.2 Å². The first-order valence-electron chi connectivity index (χ1n) is 7.82. The van der Waals surface area contributed by atoms with E-state index in [2.05, 4.69) is 9.47 Å². The Morgan fingerprint density at radius 2 is 1.79 bits per heavy atom. The van der Waals surface area contributed by atoms with Crippen LogP contribution in [0.1, 0.15) is 31.1 Å². The van der Waals surface area contributed by atoms with Crippen LogP contribution in [0.3, 0.4) is 0 Å². The molecule has 0 aromatic heterocycles. The zero-order valence-corrected chi connectivity index (χ0v) is 16.3. The van der Waals surface area contributed by atoms with Gasteiger partial charge in [-0.25, -0.2) is 13.2 Å². The molecule has 0 N–H and O–H groups in total. The molecular formula is C16H20F3O8S-. The van der Waals surface area contributed by atoms with Crippen molar-refractivity contribution in [1.82, 2.24) is 0 Å². The lowest BCUT2D eigenvalue weighted by molar-refractivity contribution is -0.275. The Balaban J connectivity index is 3.13. The average Bonchev–Trinajstić information content (AvgIpc) is 2.49. The summed E-state index contributed by atoms with van der Waals surface area (Å²) in [6.45, 7) is 4.44. The fourth-order valence-electron chi connectivity index (χ4n) is 1.95. The fourth-order valence-corrected chi connectivity index (χ4v) is 2.24. The van der Waals surface area contributed by atoms with E-state index < -0.39 is 58.0 Å². The van der Waals surface area contributed by atoms with Crippen molar-refractivity contribution in [1.29, 1.82) is 0 Å². The maximum Gasteiger partial charge on any atom is 0.573 e. The highest BCUT2D eigenvalue weighted by molar-refractivity contribution is 7.85. The Labute approximate surface area is 160 Å². The van der Waals surface area contributed by atoms with Gasteiger partial charge in [-0.15, -0.1) is 13.2 Å². The van der Waals surface area contributed by atoms with Gasteiger partial charge in [-0.05, 0) is 18.2 Å². The van der Waals surface area contributed by atoms with Crippen LogP contribution in [0.15, 0.2) is 18.2 Å². The number of alkyl halides is 3. The third-order valence-corrected chi connectivity index (χ3v) is 3.79. The van der Waals surface area contributed by atoms with Gasteiger partial charge in [-0.2, -0.15) is 0 Å². The molecule has 1 rings (SSSR count). The first kappa shape index (κ1) is 24.0. The maximum absolute atomic E-state index is 12.6. The molecule has 0 saturated carbocycles. The quantitative estimate of drug-likeness (QED) is 0.352. The van der Waals surface area contributed by atoms with Crippen molar-refractivity contribution in [2.45, 2.75) is 33.4 Å². The Morgan fingerprint density at radius 3 is 2.25 bits per heavy atom. The predicted molar refractivity (Wildman–Crippen MR) is 88.9 cm³/mol. The van der Waals surface area contributed by atoms with Crippen molar-refractivity contribution in [2.75, 3.05) is 19.5 Å². The minimum absolute atomic E-state index is 0.239. The molecule has 0 saturated heterocycles. The van der Waals surface area contributed by atoms with Crippen molar-refractivity contribution in [3.63, 3.8) is 0 Å². The lowest BCUT2D eigenvalue weighted by atomic mass is 9.96. The highest BCUT2D eigenvalue weighted by atomic mass is 32.2. The molecule has 0 aliphatic heterocycles. The molecule has 0 aliphatic rings. The number of hydrogen-bond donors (Lipinski definition) is 0. The summed E-state index contributed by atoms with van der Waals surface area (Å²) < 4.78 is 88.6. The number of halogens is 3. The number of carbonyl (C=O) groups excluding carboxylic acids is 1. The second-order valence-electron chi connectivity index (χ2n) is 6.66. The monoisotopic (exact) mass is 429 g/mol. The summed E-state index contributed by atoms with van der Waals surface area (Å²) in [5.41, 5.74) is -0.875. The van der Waals surface area contributed by atoms with Gasteiger partial charge >= 0.3 is 12.3 Å². The first-order chi connectivity index (χ1) is 12.6. The second kappa shape index (κ2) is 8.97. The van der Waals surface area contributed by atoms with Crippen molar-refractivity contribution in [3.8, 4) is 11.5 Å². The van der Waals surface area contributed by atoms with E-state index in [1.165, 1.54) is 7.11 Å². The number of rotatable bonds is 8. The van der Waals surface area contributed by atoms with E-state index in [9.17, 15) is 30.9 Å². The number of esters is 1. The zero-order valence-electron chi connectivity index (χ0n) is 15.5. The van der Waals surface area contributed by atoms with Crippen LogP contribution < -0.4 is 9.47 Å². The topological polar surface area (TPSA) is 111 Å². The molecule has 0 bridgehead atoms. The molecule has 0 radical (unpaired) electrons. The molecule has 1 atom stereocenters. The molecular weight excluding hydrogens is 409 g/mol. The SMILES string of the molecule is COC(Oc1cc(C(=O)OCCS(=O)(=O)[O-])ccc1OC(F)(F)F)C(C)(C)C. The summed E-state index contributed by atoms with van der Waals surface area (Å²) >= 11 is 0. The fraction of sp³-hybridized carbons (Fsp3) is 0.562. The molecule has 1 aromatic carbocycles. The summed E-state index contributed by atoms with van der Waals surface area (Å²) in [6, 6.07) is 2.76. The third-order valence-electron chi connectivity index (χ3n) is 3.13. The van der Waals surface area contributed by atoms with Gasteiger partial charge in [0, 0.05) is 12.5 Å². The smallest absolute Gasteiger partial charge is 0.573 e. The highest BCUT2D eigenvalue weighted by Crippen LogP contribution is 2.36. The van der Waals surface area contributed by atoms with Crippen molar-refractivity contribution < 1.29 is 49.9 Å². The van der Waals surface area contributed by atoms with Gasteiger partial charge in [0.15, 0.2) is 11.5 Å². The van der Waals surface area contributed by atoms with E-state index in [-0.39, 0.29) is 5.56 Å². The molecule has 160 valence electrons. The average molecular weight is 429 g/mol. The summed E-state index contributed by atoms with van der Waals surface area (Å²) in [6.07, 6.45) is -5.99. The van der Waals surface area contributed by atoms with E-state index in [0.29, 0.717) is 0 Å². The highest BCUT2D eigenvalue weighted by Gasteiger charge is 2.34. The number of carbonyl (C=O) groups is 1. The molecule has 0 aliphatic carbocycles. The molecule has 1 unspecified atom stereocenters. The van der Waals surface area contributed by atoms with Gasteiger partial charge in [0.25, 0.3) is 0 Å². The number of methoxy groups -OCH3 is 1. The lowest BCUT2D eigenvalue weighted by Gasteiger charge is -2.30. The summed E-state index contributed by atoms with van der Waals surface area (Å²) in [5, 5.41) is 0. The zero-order chi connectivity index (χ0) is 21.8. The summed E-state index contributed by atoms with van der Waals surface area (Å²) in [4.78, 5) is 12.0. The van der Waals surface area contributed by atoms with Gasteiger partial charge in [-0.3, -0.25) is 0 Å². The van der Waals surface area contributed by atoms with Gasteiger partial charge in [0.05, 0.1) is 21.4 Å². The molecule has 0 amide bonds. The van der Waals surface area contributed by atoms with E-state index in [1.807, 2.05) is 0 Å². The van der Waals surface area contributed by atoms with E-state index in [0.717, 1.165) is 18.2 Å². The molecule has 0 fully saturated rings. The normalized spacial score (nSPS) is 13.7. The summed E-state index contributed by atoms with van der Waals surface area (Å²) in [5.74, 6) is -3.15. The Kier molecular flexibility index (Phi) is 7.68. The Morgan fingerprint density at radius 1 is 1.18 bits per heavy atom. The first-order valence-corrected chi connectivity index (χ1v) is 9.40. The molecule has 0 spiro atoms. The van der Waals surface area contributed by atoms with Gasteiger partial charge in [0.1, 0.15) is 6.61 Å². The molecule has 0 heterocycles. The molecule has 28 heavy (non-hydrogen) atoms. The van der Waals surface area contributed by atoms with Crippen LogP contribution in [0, 0.1) is 5.41 Å². The summed E-state index contributed by atoms with van der Waals surface area (Å²) in [7, 11) is -3.29. The minimum atomic E-state index is -5.01. The van der Waals surface area contributed by atoms with Crippen LogP contribution in [0.5, 0.6) is 11.5 Å². The van der Waals surface area contributed by atoms with Gasteiger partial charge in [-0.1, -0.05) is 20.8 Å². The van der Waals surface area contributed by atoms with Crippen molar-refractivity contribution >= 4 is 16.1 Å². The molecule has 12 heteroatoms. The standard InChI is InChI=1S/C16H21F3O8S/c1-15(2,3)14(24-4)26-12-9-10(5-6-11(12)27-16(17,18)19)13(20)25-7-8-28(21,22)23/h5-6,9,14H,7-8H2,1-4H3,(H,21,22,23)/p-1. The van der Waals surface area contributed by atoms with E-state index >= 15 is 0 Å². The Bertz CT molecular complexity index is 784. The van der Waals surface area contributed by atoms with Crippen LogP contribution in [0.25, 0.3) is 0 Å². The van der Waals surface area contributed by atoms with Crippen molar-refractivity contribution in [2.24, 2.45) is 5.41 Å². The molecule has 1 aromatic rings. The third kappa shape index (κ3) is 8.31. The lowest BCUT2D eigenvalue weighted by Crippen LogP contribution is -2.34. The van der Waals surface area contributed by atoms with Crippen LogP contribution in [-0.2, 0) is 19.6 Å². The van der Waals surface area contributed by atoms with E-state index in [1.54, 1.807) is 20.8 Å². The predicted octanol–water partition coefficient (Wildman–Crippen LogP) is 2.68. The largest absolute Gasteiger partial charge is 0.748 e. The van der Waals surface area contributed by atoms with E-state index in [4.69, 9.17) is 9.47 Å². The van der Waals surface area contributed by atoms with Gasteiger partial charge in [0.2, 0.25) is 6.29 Å². The second-order valence-corrected chi connectivity index (χ2v) is 8.18. The van der Waals surface area contributed by atoms with Crippen LogP contribution >= 0.6 is 0 Å². The van der Waals surface area contributed by atoms with Crippen molar-refractivity contribution in [3.05, 3.63) is 23.8 Å². The Hall–Kier alpha value is -2.05. The van der Waals surface area contributed by atoms with Gasteiger partial charge < -0.3 is 23.5 Å². The minimum Gasteiger partial charge on any atom is -0.748 e.